The number of hydrogen-bond acceptors (Lipinski definition) is 7. The van der Waals surface area contributed by atoms with E-state index in [0.717, 1.165) is 42.6 Å². The van der Waals surface area contributed by atoms with Gasteiger partial charge in [-0.05, 0) is 25.0 Å². The fraction of sp³-hybridized carbons (Fsp3) is 0.522. The molecule has 0 saturated carbocycles. The number of para-hydroxylation sites is 1. The Hall–Kier alpha value is -2.87. The van der Waals surface area contributed by atoms with Crippen LogP contribution < -0.4 is 19.7 Å². The molecule has 0 radical (unpaired) electrons. The lowest BCUT2D eigenvalue weighted by molar-refractivity contribution is -0.124. The second kappa shape index (κ2) is 9.51. The van der Waals surface area contributed by atoms with E-state index in [0.29, 0.717) is 18.8 Å². The molecule has 1 N–H and O–H groups in total. The summed E-state index contributed by atoms with van der Waals surface area (Å²) in [6.07, 6.45) is 4.17. The van der Waals surface area contributed by atoms with Gasteiger partial charge < -0.3 is 19.7 Å². The SMILES string of the molecule is CNC(=O)[C@@H]1CN(Cc2cccc(OC)c2OC)C[C@H]1c1ccnc(N2CCCC2)n1. The van der Waals surface area contributed by atoms with Gasteiger partial charge in [-0.1, -0.05) is 12.1 Å². The molecule has 2 aromatic rings. The van der Waals surface area contributed by atoms with Crippen molar-refractivity contribution >= 4 is 11.9 Å². The Morgan fingerprint density at radius 2 is 1.97 bits per heavy atom. The van der Waals surface area contributed by atoms with Crippen LogP contribution in [-0.2, 0) is 11.3 Å². The maximum Gasteiger partial charge on any atom is 0.225 e. The van der Waals surface area contributed by atoms with Gasteiger partial charge in [0.2, 0.25) is 11.9 Å². The molecule has 2 aliphatic rings. The Morgan fingerprint density at radius 1 is 1.16 bits per heavy atom. The predicted octanol–water partition coefficient (Wildman–Crippen LogP) is 2.06. The first-order chi connectivity index (χ1) is 15.1. The molecule has 3 heterocycles. The number of nitrogens with zero attached hydrogens (tertiary/aromatic N) is 4. The number of methoxy groups -OCH3 is 2. The van der Waals surface area contributed by atoms with Crippen LogP contribution in [0, 0.1) is 5.92 Å². The number of likely N-dealkylation sites (tertiary alicyclic amines) is 1. The summed E-state index contributed by atoms with van der Waals surface area (Å²) in [5, 5.41) is 2.84. The highest BCUT2D eigenvalue weighted by Crippen LogP contribution is 2.36. The van der Waals surface area contributed by atoms with Crippen LogP contribution in [0.3, 0.4) is 0 Å². The number of carbonyl (C=O) groups excluding carboxylic acids is 1. The summed E-state index contributed by atoms with van der Waals surface area (Å²) in [6.45, 7) is 4.07. The summed E-state index contributed by atoms with van der Waals surface area (Å²) >= 11 is 0. The van der Waals surface area contributed by atoms with Gasteiger partial charge in [0.25, 0.3) is 0 Å². The Labute approximate surface area is 183 Å². The van der Waals surface area contributed by atoms with Gasteiger partial charge in [-0.25, -0.2) is 9.97 Å². The highest BCUT2D eigenvalue weighted by atomic mass is 16.5. The van der Waals surface area contributed by atoms with Crippen molar-refractivity contribution in [1.29, 1.82) is 0 Å². The molecule has 0 bridgehead atoms. The van der Waals surface area contributed by atoms with Crippen molar-refractivity contribution in [2.24, 2.45) is 5.92 Å². The van der Waals surface area contributed by atoms with Crippen LogP contribution in [0.15, 0.2) is 30.5 Å². The highest BCUT2D eigenvalue weighted by molar-refractivity contribution is 5.80. The minimum absolute atomic E-state index is 0.0147. The summed E-state index contributed by atoms with van der Waals surface area (Å²) < 4.78 is 11.0. The number of ether oxygens (including phenoxy) is 2. The second-order valence-corrected chi connectivity index (χ2v) is 8.15. The fourth-order valence-electron chi connectivity index (χ4n) is 4.72. The summed E-state index contributed by atoms with van der Waals surface area (Å²) in [6, 6.07) is 7.85. The number of hydrogen-bond donors (Lipinski definition) is 1. The van der Waals surface area contributed by atoms with Crippen LogP contribution >= 0.6 is 0 Å². The molecule has 166 valence electrons. The normalized spacial score (nSPS) is 21.3. The standard InChI is InChI=1S/C23H31N5O3/c1-24-22(29)18-15-27(13-16-7-6-8-20(30-2)21(16)31-3)14-17(18)19-9-10-25-23(26-19)28-11-4-5-12-28/h6-10,17-18H,4-5,11-15H2,1-3H3,(H,24,29)/t17-,18-/m1/s1. The van der Waals surface area contributed by atoms with Gasteiger partial charge in [0, 0.05) is 57.4 Å². The molecule has 0 aliphatic carbocycles. The van der Waals surface area contributed by atoms with E-state index in [1.807, 2.05) is 30.5 Å². The van der Waals surface area contributed by atoms with E-state index in [4.69, 9.17) is 14.5 Å². The zero-order chi connectivity index (χ0) is 21.8. The van der Waals surface area contributed by atoms with Crippen molar-refractivity contribution in [3.63, 3.8) is 0 Å². The lowest BCUT2D eigenvalue weighted by atomic mass is 9.92. The molecule has 2 saturated heterocycles. The van der Waals surface area contributed by atoms with Crippen molar-refractivity contribution in [3.8, 4) is 11.5 Å². The lowest BCUT2D eigenvalue weighted by Crippen LogP contribution is -2.32. The summed E-state index contributed by atoms with van der Waals surface area (Å²) in [5.41, 5.74) is 1.98. The maximum absolute atomic E-state index is 12.7. The van der Waals surface area contributed by atoms with Crippen molar-refractivity contribution in [3.05, 3.63) is 41.7 Å². The molecule has 1 aromatic heterocycles. The number of anilines is 1. The van der Waals surface area contributed by atoms with Gasteiger partial charge in [0.1, 0.15) is 0 Å². The molecule has 2 atom stereocenters. The van der Waals surface area contributed by atoms with Gasteiger partial charge in [-0.15, -0.1) is 0 Å². The number of rotatable bonds is 7. The van der Waals surface area contributed by atoms with Crippen LogP contribution in [0.25, 0.3) is 0 Å². The first kappa shape index (κ1) is 21.4. The Bertz CT molecular complexity index is 916. The van der Waals surface area contributed by atoms with Crippen molar-refractivity contribution in [1.82, 2.24) is 20.2 Å². The smallest absolute Gasteiger partial charge is 0.225 e. The summed E-state index contributed by atoms with van der Waals surface area (Å²) in [7, 11) is 4.99. The summed E-state index contributed by atoms with van der Waals surface area (Å²) in [5.74, 6) is 2.13. The molecule has 2 aliphatic heterocycles. The van der Waals surface area contributed by atoms with Gasteiger partial charge in [-0.2, -0.15) is 0 Å². The first-order valence-electron chi connectivity index (χ1n) is 10.9. The maximum atomic E-state index is 12.7. The number of aromatic nitrogens is 2. The molecule has 4 rings (SSSR count). The fourth-order valence-corrected chi connectivity index (χ4v) is 4.72. The average Bonchev–Trinajstić information content (AvgIpc) is 3.49. The van der Waals surface area contributed by atoms with E-state index in [-0.39, 0.29) is 17.7 Å². The van der Waals surface area contributed by atoms with Crippen LogP contribution in [0.5, 0.6) is 11.5 Å². The number of nitrogens with one attached hydrogen (secondary N) is 1. The van der Waals surface area contributed by atoms with Crippen molar-refractivity contribution < 1.29 is 14.3 Å². The van der Waals surface area contributed by atoms with Crippen molar-refractivity contribution in [2.75, 3.05) is 52.3 Å². The Morgan fingerprint density at radius 3 is 2.68 bits per heavy atom. The lowest BCUT2D eigenvalue weighted by Gasteiger charge is -2.20. The highest BCUT2D eigenvalue weighted by Gasteiger charge is 2.39. The largest absolute Gasteiger partial charge is 0.493 e. The van der Waals surface area contributed by atoms with Gasteiger partial charge in [-0.3, -0.25) is 9.69 Å². The zero-order valence-electron chi connectivity index (χ0n) is 18.5. The predicted molar refractivity (Wildman–Crippen MR) is 119 cm³/mol. The van der Waals surface area contributed by atoms with Gasteiger partial charge >= 0.3 is 0 Å². The molecule has 31 heavy (non-hydrogen) atoms. The quantitative estimate of drug-likeness (QED) is 0.727. The molecule has 1 aromatic carbocycles. The number of amides is 1. The topological polar surface area (TPSA) is 79.8 Å². The number of benzene rings is 1. The first-order valence-corrected chi connectivity index (χ1v) is 10.9. The van der Waals surface area contributed by atoms with Crippen LogP contribution in [0.1, 0.15) is 30.0 Å². The van der Waals surface area contributed by atoms with E-state index >= 15 is 0 Å². The molecule has 0 unspecified atom stereocenters. The minimum Gasteiger partial charge on any atom is -0.493 e. The van der Waals surface area contributed by atoms with Gasteiger partial charge in [0.15, 0.2) is 11.5 Å². The van der Waals surface area contributed by atoms with Crippen LogP contribution in [0.4, 0.5) is 5.95 Å². The molecular formula is C23H31N5O3. The van der Waals surface area contributed by atoms with Crippen LogP contribution in [0.2, 0.25) is 0 Å². The molecular weight excluding hydrogens is 394 g/mol. The minimum atomic E-state index is -0.164. The Balaban J connectivity index is 1.58. The summed E-state index contributed by atoms with van der Waals surface area (Å²) in [4.78, 5) is 26.6. The van der Waals surface area contributed by atoms with E-state index in [2.05, 4.69) is 20.1 Å². The monoisotopic (exact) mass is 425 g/mol. The third kappa shape index (κ3) is 4.44. The molecule has 1 amide bonds. The number of carbonyl (C=O) groups is 1. The molecule has 8 heteroatoms. The zero-order valence-corrected chi connectivity index (χ0v) is 18.5. The molecule has 0 spiro atoms. The Kier molecular flexibility index (Phi) is 6.56. The third-order valence-corrected chi connectivity index (χ3v) is 6.29. The second-order valence-electron chi connectivity index (χ2n) is 8.15. The van der Waals surface area contributed by atoms with Crippen molar-refractivity contribution in [2.45, 2.75) is 25.3 Å². The average molecular weight is 426 g/mol. The molecule has 2 fully saturated rings. The van der Waals surface area contributed by atoms with E-state index in [1.54, 1.807) is 21.3 Å². The van der Waals surface area contributed by atoms with E-state index in [1.165, 1.54) is 12.8 Å². The van der Waals surface area contributed by atoms with E-state index in [9.17, 15) is 4.79 Å². The third-order valence-electron chi connectivity index (χ3n) is 6.29. The van der Waals surface area contributed by atoms with E-state index < -0.39 is 0 Å². The van der Waals surface area contributed by atoms with Gasteiger partial charge in [0.05, 0.1) is 25.8 Å². The van der Waals surface area contributed by atoms with Crippen LogP contribution in [-0.4, -0.2) is 68.2 Å². The molecule has 8 nitrogen and oxygen atoms in total.